The first-order valence-electron chi connectivity index (χ1n) is 8.56. The number of nitrogens with one attached hydrogen (secondary N) is 2. The molecule has 0 saturated carbocycles. The van der Waals surface area contributed by atoms with Gasteiger partial charge in [0.05, 0.1) is 36.0 Å². The van der Waals surface area contributed by atoms with Crippen LogP contribution in [0.1, 0.15) is 22.1 Å². The first-order chi connectivity index (χ1) is 13.6. The van der Waals surface area contributed by atoms with Crippen molar-refractivity contribution in [2.45, 2.75) is 13.0 Å². The van der Waals surface area contributed by atoms with E-state index in [1.165, 1.54) is 17.6 Å². The molecule has 3 heterocycles. The molecule has 4 aromatic rings. The fourth-order valence-corrected chi connectivity index (χ4v) is 3.48. The third kappa shape index (κ3) is 3.79. The minimum atomic E-state index is -0.378. The highest BCUT2D eigenvalue weighted by atomic mass is 32.1. The van der Waals surface area contributed by atoms with E-state index in [0.717, 1.165) is 16.9 Å². The average molecular weight is 395 g/mol. The van der Waals surface area contributed by atoms with Crippen LogP contribution < -0.4 is 10.6 Å². The molecule has 0 radical (unpaired) electrons. The normalized spacial score (nSPS) is 10.9. The number of carbonyl (C=O) groups is 2. The van der Waals surface area contributed by atoms with Crippen molar-refractivity contribution in [3.8, 4) is 0 Å². The molecular weight excluding hydrogens is 378 g/mol. The number of hydrogen-bond acceptors (Lipinski definition) is 6. The van der Waals surface area contributed by atoms with Gasteiger partial charge in [0, 0.05) is 12.4 Å². The van der Waals surface area contributed by atoms with Crippen LogP contribution in [0.15, 0.2) is 52.5 Å². The number of furan rings is 1. The van der Waals surface area contributed by atoms with Gasteiger partial charge < -0.3 is 14.3 Å². The maximum Gasteiger partial charge on any atom is 0.293 e. The molecule has 0 fully saturated rings. The van der Waals surface area contributed by atoms with Crippen LogP contribution in [0.25, 0.3) is 11.0 Å². The molecule has 0 aliphatic heterocycles. The minimum absolute atomic E-state index is 0.122. The van der Waals surface area contributed by atoms with Crippen molar-refractivity contribution in [1.29, 1.82) is 0 Å². The van der Waals surface area contributed by atoms with Crippen LogP contribution in [0, 0.1) is 0 Å². The van der Waals surface area contributed by atoms with Crippen LogP contribution in [-0.2, 0) is 24.8 Å². The Balaban J connectivity index is 1.33. The summed E-state index contributed by atoms with van der Waals surface area (Å²) in [4.78, 5) is 33.0. The zero-order chi connectivity index (χ0) is 19.5. The van der Waals surface area contributed by atoms with Crippen molar-refractivity contribution < 1.29 is 14.0 Å². The monoisotopic (exact) mass is 395 g/mol. The number of aromatic nitrogens is 3. The molecule has 0 unspecified atom stereocenters. The molecule has 2 amide bonds. The highest BCUT2D eigenvalue weighted by molar-refractivity contribution is 7.14. The molecular formula is C19H17N5O3S. The lowest BCUT2D eigenvalue weighted by Crippen LogP contribution is -2.26. The molecule has 0 atom stereocenters. The fourth-order valence-electron chi connectivity index (χ4n) is 2.77. The van der Waals surface area contributed by atoms with E-state index in [1.807, 2.05) is 35.9 Å². The smallest absolute Gasteiger partial charge is 0.293 e. The summed E-state index contributed by atoms with van der Waals surface area (Å²) in [5, 5.41) is 7.67. The maximum absolute atomic E-state index is 12.2. The number of nitrogens with zero attached hydrogens (tertiary/aromatic N) is 3. The molecule has 2 N–H and O–H groups in total. The number of thiazole rings is 1. The molecule has 142 valence electrons. The summed E-state index contributed by atoms with van der Waals surface area (Å²) in [6, 6.07) is 11.0. The third-order valence-electron chi connectivity index (χ3n) is 4.18. The van der Waals surface area contributed by atoms with E-state index in [-0.39, 0.29) is 24.0 Å². The summed E-state index contributed by atoms with van der Waals surface area (Å²) < 4.78 is 7.00. The molecule has 8 nitrogen and oxygen atoms in total. The van der Waals surface area contributed by atoms with E-state index in [1.54, 1.807) is 17.5 Å². The van der Waals surface area contributed by atoms with Gasteiger partial charge in [-0.15, -0.1) is 11.3 Å². The number of carbonyl (C=O) groups excluding carboxylic acids is 2. The van der Waals surface area contributed by atoms with E-state index in [2.05, 4.69) is 20.6 Å². The van der Waals surface area contributed by atoms with Crippen LogP contribution in [-0.4, -0.2) is 26.3 Å². The molecule has 0 bridgehead atoms. The van der Waals surface area contributed by atoms with Crippen LogP contribution in [0.4, 0.5) is 5.13 Å². The van der Waals surface area contributed by atoms with Gasteiger partial charge in [0.15, 0.2) is 10.9 Å². The molecule has 1 aromatic carbocycles. The highest BCUT2D eigenvalue weighted by Gasteiger charge is 2.13. The Hall–Kier alpha value is -3.46. The van der Waals surface area contributed by atoms with Crippen LogP contribution >= 0.6 is 11.3 Å². The Morgan fingerprint density at radius 2 is 2.04 bits per heavy atom. The average Bonchev–Trinajstić information content (AvgIpc) is 3.42. The lowest BCUT2D eigenvalue weighted by atomic mass is 10.3. The number of aryl methyl sites for hydroxylation is 1. The lowest BCUT2D eigenvalue weighted by Gasteiger charge is -2.04. The summed E-state index contributed by atoms with van der Waals surface area (Å²) in [5.74, 6) is 0.439. The molecule has 0 aliphatic rings. The molecule has 0 aliphatic carbocycles. The Labute approximate surface area is 164 Å². The van der Waals surface area contributed by atoms with Gasteiger partial charge in [0.25, 0.3) is 5.91 Å². The van der Waals surface area contributed by atoms with E-state index in [9.17, 15) is 9.59 Å². The second-order valence-electron chi connectivity index (χ2n) is 6.10. The zero-order valence-electron chi connectivity index (χ0n) is 15.0. The third-order valence-corrected chi connectivity index (χ3v) is 4.99. The maximum atomic E-state index is 12.2. The predicted molar refractivity (Wildman–Crippen MR) is 105 cm³/mol. The van der Waals surface area contributed by atoms with Gasteiger partial charge in [-0.3, -0.25) is 14.9 Å². The standard InChI is InChI=1S/C19H17N5O3S/c1-24-14-6-3-2-5-13(14)22-16(24)10-20-17(25)9-12-11-28-19(21-12)23-18(26)15-7-4-8-27-15/h2-8,11H,9-10H2,1H3,(H,20,25)(H,21,23,26). The van der Waals surface area contributed by atoms with E-state index in [4.69, 9.17) is 4.42 Å². The van der Waals surface area contributed by atoms with Gasteiger partial charge in [0.1, 0.15) is 5.82 Å². The number of hydrogen-bond donors (Lipinski definition) is 2. The second-order valence-corrected chi connectivity index (χ2v) is 6.96. The quantitative estimate of drug-likeness (QED) is 0.523. The number of imidazole rings is 1. The Bertz CT molecular complexity index is 1130. The predicted octanol–water partition coefficient (Wildman–Crippen LogP) is 2.73. The van der Waals surface area contributed by atoms with Crippen LogP contribution in [0.3, 0.4) is 0 Å². The highest BCUT2D eigenvalue weighted by Crippen LogP contribution is 2.17. The fraction of sp³-hybridized carbons (Fsp3) is 0.158. The number of rotatable bonds is 6. The number of anilines is 1. The van der Waals surface area contributed by atoms with Gasteiger partial charge in [-0.2, -0.15) is 0 Å². The molecule has 28 heavy (non-hydrogen) atoms. The summed E-state index contributed by atoms with van der Waals surface area (Å²) >= 11 is 1.26. The Morgan fingerprint density at radius 1 is 1.18 bits per heavy atom. The van der Waals surface area contributed by atoms with Crippen LogP contribution in [0.2, 0.25) is 0 Å². The van der Waals surface area contributed by atoms with E-state index in [0.29, 0.717) is 17.4 Å². The Morgan fingerprint density at radius 3 is 2.82 bits per heavy atom. The number of fused-ring (bicyclic) bond motifs is 1. The SMILES string of the molecule is Cn1c(CNC(=O)Cc2csc(NC(=O)c3ccco3)n2)nc2ccccc21. The number of amides is 2. The minimum Gasteiger partial charge on any atom is -0.459 e. The van der Waals surface area contributed by atoms with Crippen molar-refractivity contribution in [2.24, 2.45) is 7.05 Å². The summed E-state index contributed by atoms with van der Waals surface area (Å²) in [6.07, 6.45) is 1.55. The van der Waals surface area contributed by atoms with Gasteiger partial charge in [-0.25, -0.2) is 9.97 Å². The number of benzene rings is 1. The lowest BCUT2D eigenvalue weighted by molar-refractivity contribution is -0.120. The largest absolute Gasteiger partial charge is 0.459 e. The van der Waals surface area contributed by atoms with Crippen molar-refractivity contribution in [3.63, 3.8) is 0 Å². The Kier molecular flexibility index (Phi) is 4.90. The second kappa shape index (κ2) is 7.65. The molecule has 0 saturated heterocycles. The summed E-state index contributed by atoms with van der Waals surface area (Å²) in [5.41, 5.74) is 2.50. The first kappa shape index (κ1) is 17.9. The van der Waals surface area contributed by atoms with Gasteiger partial charge in [0.2, 0.25) is 5.91 Å². The van der Waals surface area contributed by atoms with E-state index < -0.39 is 0 Å². The van der Waals surface area contributed by atoms with Crippen molar-refractivity contribution in [3.05, 3.63) is 65.3 Å². The van der Waals surface area contributed by atoms with Gasteiger partial charge in [-0.05, 0) is 24.3 Å². The van der Waals surface area contributed by atoms with Crippen LogP contribution in [0.5, 0.6) is 0 Å². The van der Waals surface area contributed by atoms with Gasteiger partial charge in [-0.1, -0.05) is 12.1 Å². The first-order valence-corrected chi connectivity index (χ1v) is 9.44. The number of para-hydroxylation sites is 2. The topological polar surface area (TPSA) is 102 Å². The summed E-state index contributed by atoms with van der Waals surface area (Å²) in [6.45, 7) is 0.330. The van der Waals surface area contributed by atoms with Crippen molar-refractivity contribution in [2.75, 3.05) is 5.32 Å². The van der Waals surface area contributed by atoms with Gasteiger partial charge >= 0.3 is 0 Å². The van der Waals surface area contributed by atoms with E-state index >= 15 is 0 Å². The van der Waals surface area contributed by atoms with Crippen molar-refractivity contribution >= 4 is 39.3 Å². The van der Waals surface area contributed by atoms with Crippen molar-refractivity contribution in [1.82, 2.24) is 19.9 Å². The molecule has 4 rings (SSSR count). The molecule has 9 heteroatoms. The zero-order valence-corrected chi connectivity index (χ0v) is 15.8. The summed E-state index contributed by atoms with van der Waals surface area (Å²) in [7, 11) is 1.92. The molecule has 3 aromatic heterocycles. The molecule has 0 spiro atoms.